The van der Waals surface area contributed by atoms with Crippen LogP contribution in [0.3, 0.4) is 0 Å². The molecule has 0 radical (unpaired) electrons. The van der Waals surface area contributed by atoms with Crippen LogP contribution in [0.2, 0.25) is 19.6 Å². The highest BCUT2D eigenvalue weighted by Crippen LogP contribution is 2.26. The van der Waals surface area contributed by atoms with Crippen molar-refractivity contribution in [3.63, 3.8) is 0 Å². The molecule has 19 heavy (non-hydrogen) atoms. The van der Waals surface area contributed by atoms with Gasteiger partial charge in [-0.3, -0.25) is 0 Å². The van der Waals surface area contributed by atoms with Crippen molar-refractivity contribution in [1.82, 2.24) is 20.2 Å². The summed E-state index contributed by atoms with van der Waals surface area (Å²) in [6.07, 6.45) is 0. The molecule has 0 aliphatic rings. The number of nitrogens with zero attached hydrogens (tertiary/aromatic N) is 4. The van der Waals surface area contributed by atoms with Crippen LogP contribution in [0.4, 0.5) is 0 Å². The second-order valence-corrected chi connectivity index (χ2v) is 12.3. The molecule has 0 atom stereocenters. The first-order valence-electron chi connectivity index (χ1n) is 6.06. The van der Waals surface area contributed by atoms with E-state index in [1.54, 1.807) is 23.6 Å². The van der Waals surface area contributed by atoms with Crippen LogP contribution in [-0.4, -0.2) is 40.8 Å². The van der Waals surface area contributed by atoms with Crippen molar-refractivity contribution >= 4 is 19.8 Å². The number of tetrazole rings is 1. The molecule has 0 saturated heterocycles. The van der Waals surface area contributed by atoms with E-state index >= 15 is 0 Å². The normalized spacial score (nSPS) is 11.6. The molecule has 0 unspecified atom stereocenters. The van der Waals surface area contributed by atoms with Gasteiger partial charge in [0.15, 0.2) is 0 Å². The van der Waals surface area contributed by atoms with Crippen molar-refractivity contribution < 1.29 is 4.74 Å². The summed E-state index contributed by atoms with van der Waals surface area (Å²) in [7, 11) is 0.515. The highest BCUT2D eigenvalue weighted by Gasteiger charge is 2.18. The van der Waals surface area contributed by atoms with Gasteiger partial charge < -0.3 is 4.74 Å². The Hall–Kier alpha value is -1.34. The zero-order valence-corrected chi connectivity index (χ0v) is 13.4. The summed E-state index contributed by atoms with van der Waals surface area (Å²) in [5.41, 5.74) is 0.869. The summed E-state index contributed by atoms with van der Waals surface area (Å²) in [6, 6.07) is 7.74. The van der Waals surface area contributed by atoms with Gasteiger partial charge in [0, 0.05) is 0 Å². The predicted octanol–water partition coefficient (Wildman–Crippen LogP) is 2.64. The Morgan fingerprint density at radius 3 is 2.68 bits per heavy atom. The van der Waals surface area contributed by atoms with Crippen LogP contribution in [0.15, 0.2) is 29.4 Å². The van der Waals surface area contributed by atoms with E-state index in [0.717, 1.165) is 22.0 Å². The van der Waals surface area contributed by atoms with Gasteiger partial charge in [-0.2, -0.15) is 4.68 Å². The van der Waals surface area contributed by atoms with Crippen LogP contribution in [0, 0.1) is 0 Å². The molecular formula is C12H18N4OSSi. The maximum Gasteiger partial charge on any atom is 0.213 e. The van der Waals surface area contributed by atoms with Crippen molar-refractivity contribution in [3.05, 3.63) is 24.3 Å². The topological polar surface area (TPSA) is 52.8 Å². The fourth-order valence-electron chi connectivity index (χ4n) is 1.51. The molecule has 2 aromatic rings. The van der Waals surface area contributed by atoms with Gasteiger partial charge >= 0.3 is 0 Å². The van der Waals surface area contributed by atoms with E-state index in [1.807, 2.05) is 24.3 Å². The van der Waals surface area contributed by atoms with Gasteiger partial charge in [0.2, 0.25) is 5.16 Å². The van der Waals surface area contributed by atoms with Crippen molar-refractivity contribution in [1.29, 1.82) is 0 Å². The predicted molar refractivity (Wildman–Crippen MR) is 79.8 cm³/mol. The van der Waals surface area contributed by atoms with Crippen molar-refractivity contribution in [2.45, 2.75) is 24.8 Å². The Morgan fingerprint density at radius 2 is 2.00 bits per heavy atom. The summed E-state index contributed by atoms with van der Waals surface area (Å²) in [5.74, 6) is 0.768. The van der Waals surface area contributed by atoms with Crippen LogP contribution in [0.25, 0.3) is 5.69 Å². The van der Waals surface area contributed by atoms with Gasteiger partial charge in [0.25, 0.3) is 0 Å². The van der Waals surface area contributed by atoms with Gasteiger partial charge in [-0.25, -0.2) is 0 Å². The number of methoxy groups -OCH3 is 1. The Balaban J connectivity index is 2.29. The first-order valence-corrected chi connectivity index (χ1v) is 10.7. The van der Waals surface area contributed by atoms with E-state index in [1.165, 1.54) is 0 Å². The number of thioether (sulfide) groups is 1. The summed E-state index contributed by atoms with van der Waals surface area (Å²) < 4.78 is 7.09. The second-order valence-electron chi connectivity index (χ2n) is 5.39. The maximum absolute atomic E-state index is 5.35. The molecule has 0 spiro atoms. The van der Waals surface area contributed by atoms with Crippen LogP contribution in [0.5, 0.6) is 5.75 Å². The molecule has 7 heteroatoms. The largest absolute Gasteiger partial charge is 0.494 e. The lowest BCUT2D eigenvalue weighted by molar-refractivity contribution is 0.410. The van der Waals surface area contributed by atoms with Gasteiger partial charge in [0.1, 0.15) is 11.4 Å². The number of aromatic nitrogens is 4. The van der Waals surface area contributed by atoms with Crippen molar-refractivity contribution in [3.8, 4) is 11.4 Å². The molecule has 1 heterocycles. The smallest absolute Gasteiger partial charge is 0.213 e. The minimum Gasteiger partial charge on any atom is -0.494 e. The molecule has 0 fully saturated rings. The van der Waals surface area contributed by atoms with Crippen molar-refractivity contribution in [2.75, 3.05) is 12.5 Å². The standard InChI is InChI=1S/C12H18N4OSSi/c1-17-11-8-6-5-7-10(11)16-12(13-14-15-16)18-9-19(2,3)4/h5-8H,9H2,1-4H3. The molecule has 0 N–H and O–H groups in total. The number of benzene rings is 1. The van der Waals surface area contributed by atoms with E-state index in [4.69, 9.17) is 4.74 Å². The number of hydrogen-bond donors (Lipinski definition) is 0. The summed E-state index contributed by atoms with van der Waals surface area (Å²) in [6.45, 7) is 6.99. The second kappa shape index (κ2) is 5.75. The van der Waals surface area contributed by atoms with Gasteiger partial charge in [-0.05, 0) is 27.9 Å². The Labute approximate surface area is 118 Å². The molecule has 0 aliphatic heterocycles. The molecule has 102 valence electrons. The first-order chi connectivity index (χ1) is 9.01. The number of rotatable bonds is 5. The number of para-hydroxylation sites is 2. The molecule has 1 aromatic carbocycles. The zero-order valence-electron chi connectivity index (χ0n) is 11.6. The van der Waals surface area contributed by atoms with Crippen LogP contribution in [0.1, 0.15) is 0 Å². The highest BCUT2D eigenvalue weighted by atomic mass is 32.2. The summed E-state index contributed by atoms with van der Waals surface area (Å²) >= 11 is 1.71. The van der Waals surface area contributed by atoms with Crippen molar-refractivity contribution in [2.24, 2.45) is 0 Å². The average molecular weight is 294 g/mol. The van der Waals surface area contributed by atoms with E-state index in [0.29, 0.717) is 0 Å². The minimum atomic E-state index is -1.14. The van der Waals surface area contributed by atoms with E-state index in [-0.39, 0.29) is 0 Å². The third-order valence-corrected chi connectivity index (χ3v) is 6.94. The third-order valence-electron chi connectivity index (χ3n) is 2.39. The summed E-state index contributed by atoms with van der Waals surface area (Å²) in [4.78, 5) is 0. The van der Waals surface area contributed by atoms with Gasteiger partial charge in [-0.1, -0.05) is 43.5 Å². The highest BCUT2D eigenvalue weighted by molar-refractivity contribution is 8.00. The number of hydrogen-bond acceptors (Lipinski definition) is 5. The lowest BCUT2D eigenvalue weighted by atomic mass is 10.3. The molecule has 0 aliphatic carbocycles. The minimum absolute atomic E-state index is 0.768. The van der Waals surface area contributed by atoms with E-state index in [9.17, 15) is 0 Å². The van der Waals surface area contributed by atoms with E-state index < -0.39 is 8.07 Å². The average Bonchev–Trinajstić information content (AvgIpc) is 2.83. The Kier molecular flexibility index (Phi) is 4.26. The molecule has 0 bridgehead atoms. The first kappa shape index (κ1) is 14.1. The van der Waals surface area contributed by atoms with E-state index in [2.05, 4.69) is 35.2 Å². The molecule has 5 nitrogen and oxygen atoms in total. The van der Waals surface area contributed by atoms with Gasteiger partial charge in [0.05, 0.1) is 15.2 Å². The Morgan fingerprint density at radius 1 is 1.26 bits per heavy atom. The molecule has 0 saturated carbocycles. The quantitative estimate of drug-likeness (QED) is 0.627. The lowest BCUT2D eigenvalue weighted by Gasteiger charge is -2.14. The molecule has 0 amide bonds. The SMILES string of the molecule is COc1ccccc1-n1nnnc1SC[Si](C)(C)C. The monoisotopic (exact) mass is 294 g/mol. The molecular weight excluding hydrogens is 276 g/mol. The third kappa shape index (κ3) is 3.57. The fourth-order valence-corrected chi connectivity index (χ4v) is 4.11. The van der Waals surface area contributed by atoms with Gasteiger partial charge in [-0.15, -0.1) is 5.10 Å². The number of ether oxygens (including phenoxy) is 1. The maximum atomic E-state index is 5.35. The molecule has 2 rings (SSSR count). The van der Waals surface area contributed by atoms with Crippen LogP contribution in [-0.2, 0) is 0 Å². The summed E-state index contributed by atoms with van der Waals surface area (Å²) in [5, 5.41) is 13.8. The zero-order chi connectivity index (χ0) is 13.9. The van der Waals surface area contributed by atoms with Crippen LogP contribution >= 0.6 is 11.8 Å². The lowest BCUT2D eigenvalue weighted by Crippen LogP contribution is -2.24. The van der Waals surface area contributed by atoms with Crippen LogP contribution < -0.4 is 4.74 Å². The fraction of sp³-hybridized carbons (Fsp3) is 0.417. The Bertz CT molecular complexity index is 553. The molecule has 1 aromatic heterocycles.